The second-order valence-corrected chi connectivity index (χ2v) is 8.86. The summed E-state index contributed by atoms with van der Waals surface area (Å²) in [6.07, 6.45) is 1.80. The number of benzene rings is 2. The first-order valence-electron chi connectivity index (χ1n) is 8.10. The third kappa shape index (κ3) is 3.50. The van der Waals surface area contributed by atoms with Gasteiger partial charge in [-0.05, 0) is 37.8 Å². The summed E-state index contributed by atoms with van der Waals surface area (Å²) in [7, 11) is -3.74. The molecule has 2 N–H and O–H groups in total. The highest BCUT2D eigenvalue weighted by Gasteiger charge is 2.29. The molecular formula is C19H21N3O2S2. The van der Waals surface area contributed by atoms with Crippen LogP contribution in [0.25, 0.3) is 0 Å². The Hall–Kier alpha value is -2.25. The number of hydrogen-bond donors (Lipinski definition) is 1. The predicted octanol–water partition coefficient (Wildman–Crippen LogP) is 3.69. The molecule has 26 heavy (non-hydrogen) atoms. The summed E-state index contributed by atoms with van der Waals surface area (Å²) in [6.45, 7) is 4.35. The number of nitrogen functional groups attached to an aromatic ring is 1. The van der Waals surface area contributed by atoms with Crippen LogP contribution in [0.3, 0.4) is 0 Å². The van der Waals surface area contributed by atoms with Gasteiger partial charge in [0.2, 0.25) is 9.84 Å². The highest BCUT2D eigenvalue weighted by Crippen LogP contribution is 2.34. The number of aromatic nitrogens is 2. The number of sulfone groups is 1. The summed E-state index contributed by atoms with van der Waals surface area (Å²) in [5.41, 5.74) is 9.39. The van der Waals surface area contributed by atoms with E-state index in [4.69, 9.17) is 5.73 Å². The van der Waals surface area contributed by atoms with Crippen molar-refractivity contribution < 1.29 is 8.42 Å². The Morgan fingerprint density at radius 2 is 1.54 bits per heavy atom. The van der Waals surface area contributed by atoms with Gasteiger partial charge in [-0.1, -0.05) is 47.5 Å². The highest BCUT2D eigenvalue weighted by molar-refractivity contribution is 7.99. The zero-order chi connectivity index (χ0) is 18.9. The minimum absolute atomic E-state index is 0.0842. The van der Waals surface area contributed by atoms with Crippen molar-refractivity contribution in [2.24, 2.45) is 0 Å². The van der Waals surface area contributed by atoms with E-state index in [1.165, 1.54) is 11.8 Å². The van der Waals surface area contributed by atoms with Gasteiger partial charge in [0.05, 0.1) is 11.4 Å². The fourth-order valence-electron chi connectivity index (χ4n) is 2.64. The first-order chi connectivity index (χ1) is 12.3. The van der Waals surface area contributed by atoms with E-state index in [2.05, 4.69) is 5.10 Å². The molecule has 0 saturated carbocycles. The Labute approximate surface area is 158 Å². The summed E-state index contributed by atoms with van der Waals surface area (Å²) in [5, 5.41) is 4.84. The summed E-state index contributed by atoms with van der Waals surface area (Å²) in [4.78, 5) is 0.306. The van der Waals surface area contributed by atoms with Crippen molar-refractivity contribution >= 4 is 27.4 Å². The van der Waals surface area contributed by atoms with Crippen molar-refractivity contribution in [1.82, 2.24) is 9.78 Å². The average molecular weight is 388 g/mol. The lowest BCUT2D eigenvalue weighted by atomic mass is 10.1. The summed E-state index contributed by atoms with van der Waals surface area (Å²) < 4.78 is 27.8. The molecule has 0 aliphatic rings. The molecule has 3 rings (SSSR count). The van der Waals surface area contributed by atoms with Crippen molar-refractivity contribution in [3.05, 3.63) is 65.2 Å². The maximum Gasteiger partial charge on any atom is 0.212 e. The molecule has 0 saturated heterocycles. The SMILES string of the molecule is CSc1nn(Cc2ccc(C)cc2)c(N)c1S(=O)(=O)c1ccc(C)cc1. The average Bonchev–Trinajstić information content (AvgIpc) is 2.94. The first kappa shape index (κ1) is 18.5. The van der Waals surface area contributed by atoms with Gasteiger partial charge in [0, 0.05) is 0 Å². The molecular weight excluding hydrogens is 366 g/mol. The lowest BCUT2D eigenvalue weighted by molar-refractivity contribution is 0.594. The van der Waals surface area contributed by atoms with Crippen molar-refractivity contribution in [3.8, 4) is 0 Å². The third-order valence-corrected chi connectivity index (χ3v) is 6.80. The van der Waals surface area contributed by atoms with Crippen LogP contribution in [0.15, 0.2) is 63.3 Å². The molecule has 0 spiro atoms. The number of nitrogens with zero attached hydrogens (tertiary/aromatic N) is 2. The molecule has 0 amide bonds. The van der Waals surface area contributed by atoms with Crippen LogP contribution < -0.4 is 5.73 Å². The number of rotatable bonds is 5. The number of aryl methyl sites for hydroxylation is 2. The smallest absolute Gasteiger partial charge is 0.212 e. The highest BCUT2D eigenvalue weighted by atomic mass is 32.2. The Morgan fingerprint density at radius 1 is 1.00 bits per heavy atom. The van der Waals surface area contributed by atoms with Gasteiger partial charge in [-0.15, -0.1) is 11.8 Å². The molecule has 1 aromatic heterocycles. The number of anilines is 1. The van der Waals surface area contributed by atoms with E-state index in [9.17, 15) is 8.42 Å². The number of nitrogens with two attached hydrogens (primary N) is 1. The Morgan fingerprint density at radius 3 is 2.08 bits per heavy atom. The molecule has 0 aliphatic carbocycles. The summed E-state index contributed by atoms with van der Waals surface area (Å²) >= 11 is 1.28. The molecule has 0 radical (unpaired) electrons. The van der Waals surface area contributed by atoms with Gasteiger partial charge in [-0.3, -0.25) is 0 Å². The molecule has 0 bridgehead atoms. The zero-order valence-electron chi connectivity index (χ0n) is 14.9. The second kappa shape index (κ2) is 7.17. The lowest BCUT2D eigenvalue weighted by Crippen LogP contribution is -2.09. The molecule has 7 heteroatoms. The van der Waals surface area contributed by atoms with Crippen LogP contribution in [-0.4, -0.2) is 24.5 Å². The lowest BCUT2D eigenvalue weighted by Gasteiger charge is -2.07. The third-order valence-electron chi connectivity index (χ3n) is 4.16. The van der Waals surface area contributed by atoms with Crippen LogP contribution in [0.1, 0.15) is 16.7 Å². The summed E-state index contributed by atoms with van der Waals surface area (Å²) in [5.74, 6) is 0.163. The van der Waals surface area contributed by atoms with Crippen LogP contribution in [0.5, 0.6) is 0 Å². The molecule has 0 atom stereocenters. The topological polar surface area (TPSA) is 78.0 Å². The van der Waals surface area contributed by atoms with Gasteiger partial charge in [0.25, 0.3) is 0 Å². The number of thioether (sulfide) groups is 1. The maximum absolute atomic E-state index is 13.1. The Kier molecular flexibility index (Phi) is 5.11. The van der Waals surface area contributed by atoms with Gasteiger partial charge < -0.3 is 5.73 Å². The predicted molar refractivity (Wildman–Crippen MR) is 105 cm³/mol. The Balaban J connectivity index is 2.06. The fraction of sp³-hybridized carbons (Fsp3) is 0.211. The monoisotopic (exact) mass is 387 g/mol. The molecule has 0 unspecified atom stereocenters. The van der Waals surface area contributed by atoms with E-state index in [0.29, 0.717) is 11.6 Å². The molecule has 5 nitrogen and oxygen atoms in total. The molecule has 0 aliphatic heterocycles. The van der Waals surface area contributed by atoms with Crippen LogP contribution in [-0.2, 0) is 16.4 Å². The Bertz CT molecular complexity index is 1020. The summed E-state index contributed by atoms with van der Waals surface area (Å²) in [6, 6.07) is 14.8. The van der Waals surface area contributed by atoms with Crippen molar-refractivity contribution in [2.75, 3.05) is 12.0 Å². The molecule has 136 valence electrons. The van der Waals surface area contributed by atoms with Crippen molar-refractivity contribution in [2.45, 2.75) is 35.2 Å². The van der Waals surface area contributed by atoms with E-state index in [1.54, 1.807) is 35.2 Å². The largest absolute Gasteiger partial charge is 0.383 e. The van der Waals surface area contributed by atoms with E-state index >= 15 is 0 Å². The van der Waals surface area contributed by atoms with Crippen LogP contribution >= 0.6 is 11.8 Å². The van der Waals surface area contributed by atoms with E-state index < -0.39 is 9.84 Å². The molecule has 1 heterocycles. The zero-order valence-corrected chi connectivity index (χ0v) is 16.6. The van der Waals surface area contributed by atoms with Crippen molar-refractivity contribution in [1.29, 1.82) is 0 Å². The molecule has 0 fully saturated rings. The molecule has 3 aromatic rings. The van der Waals surface area contributed by atoms with E-state index in [1.807, 2.05) is 38.1 Å². The maximum atomic E-state index is 13.1. The van der Waals surface area contributed by atoms with Gasteiger partial charge >= 0.3 is 0 Å². The van der Waals surface area contributed by atoms with Crippen LogP contribution in [0.4, 0.5) is 5.82 Å². The molecule has 2 aromatic carbocycles. The van der Waals surface area contributed by atoms with Crippen LogP contribution in [0.2, 0.25) is 0 Å². The quantitative estimate of drug-likeness (QED) is 0.676. The van der Waals surface area contributed by atoms with Gasteiger partial charge in [0.1, 0.15) is 15.7 Å². The number of hydrogen-bond acceptors (Lipinski definition) is 5. The second-order valence-electron chi connectivity index (χ2n) is 6.18. The fourth-order valence-corrected chi connectivity index (χ4v) is 5.07. The van der Waals surface area contributed by atoms with E-state index in [0.717, 1.165) is 16.7 Å². The van der Waals surface area contributed by atoms with Crippen molar-refractivity contribution in [3.63, 3.8) is 0 Å². The van der Waals surface area contributed by atoms with E-state index in [-0.39, 0.29) is 15.6 Å². The first-order valence-corrected chi connectivity index (χ1v) is 10.8. The van der Waals surface area contributed by atoms with Gasteiger partial charge in [0.15, 0.2) is 0 Å². The van der Waals surface area contributed by atoms with Crippen LogP contribution in [0, 0.1) is 13.8 Å². The minimum Gasteiger partial charge on any atom is -0.383 e. The normalized spacial score (nSPS) is 11.7. The van der Waals surface area contributed by atoms with Gasteiger partial charge in [-0.2, -0.15) is 5.10 Å². The standard InChI is InChI=1S/C19H21N3O2S2/c1-13-4-8-15(9-5-13)12-22-18(20)17(19(21-22)25-3)26(23,24)16-10-6-14(2)7-11-16/h4-11H,12,20H2,1-3H3. The van der Waals surface area contributed by atoms with Gasteiger partial charge in [-0.25, -0.2) is 13.1 Å². The minimum atomic E-state index is -3.74.